The lowest BCUT2D eigenvalue weighted by atomic mass is 10.3. The van der Waals surface area contributed by atoms with Crippen molar-refractivity contribution in [3.05, 3.63) is 58.7 Å². The lowest BCUT2D eigenvalue weighted by Crippen LogP contribution is -2.13. The maximum Gasteiger partial charge on any atom is 0.368 e. The normalized spacial score (nSPS) is 12.5. The molecule has 0 aliphatic heterocycles. The maximum absolute atomic E-state index is 11.0. The molecular weight excluding hydrogens is 312 g/mol. The summed E-state index contributed by atoms with van der Waals surface area (Å²) in [5.74, 6) is 1.01. The Labute approximate surface area is 134 Å². The van der Waals surface area contributed by atoms with E-state index in [1.165, 1.54) is 10.7 Å². The number of nitrogens with one attached hydrogen (secondary N) is 1. The van der Waals surface area contributed by atoms with Gasteiger partial charge in [0.05, 0.1) is 6.04 Å². The van der Waals surface area contributed by atoms with E-state index in [0.29, 0.717) is 17.3 Å². The van der Waals surface area contributed by atoms with Crippen molar-refractivity contribution in [2.24, 2.45) is 0 Å². The average Bonchev–Trinajstić information content (AvgIpc) is 3.18. The zero-order chi connectivity index (χ0) is 16.7. The van der Waals surface area contributed by atoms with Crippen molar-refractivity contribution in [3.8, 4) is 0 Å². The van der Waals surface area contributed by atoms with E-state index >= 15 is 0 Å². The first-order valence-electron chi connectivity index (χ1n) is 7.19. The summed E-state index contributed by atoms with van der Waals surface area (Å²) in [7, 11) is 0. The van der Waals surface area contributed by atoms with Crippen LogP contribution in [0.1, 0.15) is 18.8 Å². The molecule has 0 fully saturated rings. The molecule has 0 bridgehead atoms. The third kappa shape index (κ3) is 2.20. The lowest BCUT2D eigenvalue weighted by Gasteiger charge is -2.11. The van der Waals surface area contributed by atoms with Crippen molar-refractivity contribution in [1.29, 1.82) is 0 Å². The van der Waals surface area contributed by atoms with E-state index in [1.807, 2.05) is 35.7 Å². The van der Waals surface area contributed by atoms with Gasteiger partial charge in [-0.3, -0.25) is 4.40 Å². The molecule has 0 aliphatic rings. The van der Waals surface area contributed by atoms with Crippen molar-refractivity contribution in [1.82, 2.24) is 29.2 Å². The first kappa shape index (κ1) is 14.1. The van der Waals surface area contributed by atoms with Gasteiger partial charge in [0.15, 0.2) is 17.3 Å². The van der Waals surface area contributed by atoms with Gasteiger partial charge < -0.3 is 15.4 Å². The Bertz CT molecular complexity index is 1050. The van der Waals surface area contributed by atoms with Gasteiger partial charge in [-0.15, -0.1) is 10.2 Å². The third-order valence-corrected chi connectivity index (χ3v) is 3.62. The molecule has 4 aromatic rings. The van der Waals surface area contributed by atoms with Gasteiger partial charge in [0, 0.05) is 12.3 Å². The monoisotopic (exact) mass is 324 g/mol. The lowest BCUT2D eigenvalue weighted by molar-refractivity contribution is -0.391. The minimum atomic E-state index is -0.522. The number of hydrogen-bond acceptors (Lipinski definition) is 7. The van der Waals surface area contributed by atoms with Gasteiger partial charge in [-0.1, -0.05) is 15.7 Å². The molecule has 0 saturated carbocycles. The second-order valence-corrected chi connectivity index (χ2v) is 5.22. The highest BCUT2D eigenvalue weighted by Crippen LogP contribution is 2.19. The first-order valence-corrected chi connectivity index (χ1v) is 7.19. The number of nitro groups is 1. The van der Waals surface area contributed by atoms with Gasteiger partial charge >= 0.3 is 5.82 Å². The Morgan fingerprint density at radius 3 is 2.92 bits per heavy atom. The Morgan fingerprint density at radius 2 is 2.08 bits per heavy atom. The number of fused-ring (bicyclic) bond motifs is 2. The predicted molar refractivity (Wildman–Crippen MR) is 84.7 cm³/mol. The van der Waals surface area contributed by atoms with Crippen LogP contribution in [0.15, 0.2) is 42.7 Å². The number of nitrogens with zero attached hydrogens (tertiary/aromatic N) is 7. The fraction of sp³-hybridized carbons (Fsp3) is 0.143. The Balaban J connectivity index is 1.68. The molecule has 0 saturated heterocycles. The predicted octanol–water partition coefficient (Wildman–Crippen LogP) is 1.85. The minimum Gasteiger partial charge on any atom is -0.358 e. The molecule has 0 radical (unpaired) electrons. The standard InChI is InChI=1S/C14H12N8O2/c1-9(14-18-17-12-4-2-3-7-20(12)14)16-10-5-6-11-15-8-13(22(23)24)21(11)19-10/h2-9H,1H3,(H,16,19). The molecule has 4 rings (SSSR count). The molecule has 4 heterocycles. The maximum atomic E-state index is 11.0. The van der Waals surface area contributed by atoms with Crippen LogP contribution in [0.4, 0.5) is 11.6 Å². The molecular formula is C14H12N8O2. The van der Waals surface area contributed by atoms with Crippen LogP contribution in [-0.2, 0) is 0 Å². The number of rotatable bonds is 4. The van der Waals surface area contributed by atoms with E-state index in [2.05, 4.69) is 25.6 Å². The summed E-state index contributed by atoms with van der Waals surface area (Å²) < 4.78 is 3.06. The van der Waals surface area contributed by atoms with Gasteiger partial charge in [0.1, 0.15) is 6.20 Å². The average molecular weight is 324 g/mol. The number of hydrogen-bond donors (Lipinski definition) is 1. The number of anilines is 1. The highest BCUT2D eigenvalue weighted by atomic mass is 16.6. The molecule has 1 N–H and O–H groups in total. The molecule has 0 amide bonds. The summed E-state index contributed by atoms with van der Waals surface area (Å²) >= 11 is 0. The zero-order valence-corrected chi connectivity index (χ0v) is 12.6. The molecule has 10 heteroatoms. The molecule has 120 valence electrons. The van der Waals surface area contributed by atoms with Crippen LogP contribution in [-0.4, -0.2) is 34.1 Å². The molecule has 10 nitrogen and oxygen atoms in total. The summed E-state index contributed by atoms with van der Waals surface area (Å²) in [5.41, 5.74) is 1.16. The van der Waals surface area contributed by atoms with Gasteiger partial charge in [-0.2, -0.15) is 0 Å². The molecule has 1 unspecified atom stereocenters. The van der Waals surface area contributed by atoms with E-state index in [4.69, 9.17) is 0 Å². The fourth-order valence-electron chi connectivity index (χ4n) is 2.50. The number of imidazole rings is 1. The van der Waals surface area contributed by atoms with Crippen molar-refractivity contribution < 1.29 is 4.92 Å². The molecule has 0 aromatic carbocycles. The number of aromatic nitrogens is 6. The van der Waals surface area contributed by atoms with Crippen LogP contribution >= 0.6 is 0 Å². The Hall–Kier alpha value is -3.56. The van der Waals surface area contributed by atoms with Crippen LogP contribution in [0.25, 0.3) is 11.3 Å². The molecule has 0 spiro atoms. The van der Waals surface area contributed by atoms with E-state index < -0.39 is 4.92 Å². The van der Waals surface area contributed by atoms with Crippen molar-refractivity contribution >= 4 is 22.9 Å². The topological polar surface area (TPSA) is 116 Å². The SMILES string of the molecule is CC(Nc1ccc2ncc([N+](=O)[O-])n2n1)c1nnc2ccccn12. The second kappa shape index (κ2) is 5.26. The van der Waals surface area contributed by atoms with Gasteiger partial charge in [0.25, 0.3) is 0 Å². The van der Waals surface area contributed by atoms with Crippen LogP contribution in [0, 0.1) is 10.1 Å². The van der Waals surface area contributed by atoms with Crippen molar-refractivity contribution in [2.75, 3.05) is 5.32 Å². The van der Waals surface area contributed by atoms with Crippen LogP contribution in [0.5, 0.6) is 0 Å². The molecule has 0 aliphatic carbocycles. The minimum absolute atomic E-state index is 0.186. The summed E-state index contributed by atoms with van der Waals surface area (Å²) in [4.78, 5) is 14.4. The summed E-state index contributed by atoms with van der Waals surface area (Å²) in [5, 5.41) is 26.7. The van der Waals surface area contributed by atoms with Gasteiger partial charge in [-0.25, -0.2) is 4.98 Å². The van der Waals surface area contributed by atoms with E-state index in [-0.39, 0.29) is 11.9 Å². The highest BCUT2D eigenvalue weighted by molar-refractivity contribution is 5.49. The molecule has 1 atom stereocenters. The first-order chi connectivity index (χ1) is 11.6. The molecule has 24 heavy (non-hydrogen) atoms. The smallest absolute Gasteiger partial charge is 0.358 e. The van der Waals surface area contributed by atoms with Crippen molar-refractivity contribution in [2.45, 2.75) is 13.0 Å². The summed E-state index contributed by atoms with van der Waals surface area (Å²) in [6, 6.07) is 8.83. The van der Waals surface area contributed by atoms with Gasteiger partial charge in [-0.05, 0) is 30.0 Å². The van der Waals surface area contributed by atoms with E-state index in [1.54, 1.807) is 12.1 Å². The number of pyridine rings is 1. The van der Waals surface area contributed by atoms with Gasteiger partial charge in [0.2, 0.25) is 5.65 Å². The second-order valence-electron chi connectivity index (χ2n) is 5.22. The Kier molecular flexibility index (Phi) is 3.08. The van der Waals surface area contributed by atoms with Crippen LogP contribution in [0.2, 0.25) is 0 Å². The summed E-state index contributed by atoms with van der Waals surface area (Å²) in [6.07, 6.45) is 3.06. The van der Waals surface area contributed by atoms with Crippen LogP contribution < -0.4 is 5.32 Å². The summed E-state index contributed by atoms with van der Waals surface area (Å²) in [6.45, 7) is 1.91. The fourth-order valence-corrected chi connectivity index (χ4v) is 2.50. The van der Waals surface area contributed by atoms with E-state index in [9.17, 15) is 10.1 Å². The van der Waals surface area contributed by atoms with E-state index in [0.717, 1.165) is 5.65 Å². The largest absolute Gasteiger partial charge is 0.368 e. The quantitative estimate of drug-likeness (QED) is 0.450. The van der Waals surface area contributed by atoms with Crippen molar-refractivity contribution in [3.63, 3.8) is 0 Å². The van der Waals surface area contributed by atoms with Crippen LogP contribution in [0.3, 0.4) is 0 Å². The highest BCUT2D eigenvalue weighted by Gasteiger charge is 2.18. The molecule has 4 aromatic heterocycles. The Morgan fingerprint density at radius 1 is 1.21 bits per heavy atom. The third-order valence-electron chi connectivity index (χ3n) is 3.62. The zero-order valence-electron chi connectivity index (χ0n) is 12.6.